The Labute approximate surface area is 214 Å². The molecule has 2 aromatic heterocycles. The minimum Gasteiger partial charge on any atom is -0.383 e. The Bertz CT molecular complexity index is 1490. The number of alkyl halides is 2. The van der Waals surface area contributed by atoms with Crippen LogP contribution in [0.3, 0.4) is 0 Å². The third-order valence-electron chi connectivity index (χ3n) is 6.23. The van der Waals surface area contributed by atoms with Gasteiger partial charge in [0.25, 0.3) is 5.91 Å². The number of carbonyl (C=O) groups excluding carboxylic acids is 2. The van der Waals surface area contributed by atoms with Gasteiger partial charge in [0.2, 0.25) is 5.91 Å². The molecule has 200 valence electrons. The van der Waals surface area contributed by atoms with Crippen LogP contribution in [0.2, 0.25) is 0 Å². The van der Waals surface area contributed by atoms with Crippen LogP contribution in [0, 0.1) is 23.5 Å². The molecule has 1 fully saturated rings. The van der Waals surface area contributed by atoms with Gasteiger partial charge in [-0.05, 0) is 18.4 Å². The van der Waals surface area contributed by atoms with Gasteiger partial charge in [0.1, 0.15) is 29.0 Å². The van der Waals surface area contributed by atoms with Crippen molar-refractivity contribution in [2.75, 3.05) is 32.6 Å². The summed E-state index contributed by atoms with van der Waals surface area (Å²) < 4.78 is 62.9. The molecule has 2 atom stereocenters. The number of rotatable bonds is 7. The standard InChI is InChI=1S/C24H23F4N7O3/c1-4-18(36)33-9-12(7-13(33)10-38-3)35-23(30-2)19(22(29)37)16(32-35)6-5-14-15(25)8-17-21(20(14)26)31-11-34(17)24(27)28/h4,8,11-13,24,30H,1,7,9-10H2,2-3H3,(H2,29,37)/t12-,13+/m0/s1. The number of halogens is 4. The Hall–Kier alpha value is -4.38. The molecule has 3 N–H and O–H groups in total. The fourth-order valence-electron chi connectivity index (χ4n) is 4.56. The Morgan fingerprint density at radius 2 is 2.11 bits per heavy atom. The second-order valence-electron chi connectivity index (χ2n) is 8.42. The third kappa shape index (κ3) is 4.56. The van der Waals surface area contributed by atoms with E-state index < -0.39 is 46.7 Å². The number of likely N-dealkylation sites (tertiary alicyclic amines) is 1. The molecular weight excluding hydrogens is 510 g/mol. The molecule has 1 saturated heterocycles. The summed E-state index contributed by atoms with van der Waals surface area (Å²) in [5.41, 5.74) is 3.62. The molecule has 0 spiro atoms. The highest BCUT2D eigenvalue weighted by Crippen LogP contribution is 2.33. The molecule has 0 unspecified atom stereocenters. The number of ether oxygens (including phenoxy) is 1. The summed E-state index contributed by atoms with van der Waals surface area (Å²) in [6.45, 7) is 0.941. The minimum atomic E-state index is -3.05. The number of fused-ring (bicyclic) bond motifs is 1. The molecule has 2 amide bonds. The maximum Gasteiger partial charge on any atom is 0.320 e. The molecular formula is C24H23F4N7O3. The van der Waals surface area contributed by atoms with Gasteiger partial charge in [0, 0.05) is 26.8 Å². The molecule has 0 bridgehead atoms. The summed E-state index contributed by atoms with van der Waals surface area (Å²) in [4.78, 5) is 29.9. The van der Waals surface area contributed by atoms with E-state index in [1.165, 1.54) is 24.9 Å². The maximum absolute atomic E-state index is 15.0. The highest BCUT2D eigenvalue weighted by atomic mass is 19.3. The van der Waals surface area contributed by atoms with E-state index >= 15 is 0 Å². The molecule has 38 heavy (non-hydrogen) atoms. The molecule has 10 nitrogen and oxygen atoms in total. The highest BCUT2D eigenvalue weighted by Gasteiger charge is 2.38. The predicted molar refractivity (Wildman–Crippen MR) is 128 cm³/mol. The van der Waals surface area contributed by atoms with Crippen LogP contribution in [0.5, 0.6) is 0 Å². The molecule has 1 aliphatic rings. The van der Waals surface area contributed by atoms with E-state index in [0.717, 1.165) is 0 Å². The third-order valence-corrected chi connectivity index (χ3v) is 6.23. The fraction of sp³-hybridized carbons (Fsp3) is 0.333. The van der Waals surface area contributed by atoms with Crippen molar-refractivity contribution >= 4 is 28.7 Å². The van der Waals surface area contributed by atoms with Crippen molar-refractivity contribution in [3.63, 3.8) is 0 Å². The predicted octanol–water partition coefficient (Wildman–Crippen LogP) is 2.42. The van der Waals surface area contributed by atoms with E-state index in [-0.39, 0.29) is 42.2 Å². The van der Waals surface area contributed by atoms with Crippen LogP contribution in [0.15, 0.2) is 25.0 Å². The number of amides is 2. The molecule has 0 aliphatic carbocycles. The van der Waals surface area contributed by atoms with Crippen molar-refractivity contribution in [2.45, 2.75) is 25.1 Å². The number of nitrogens with zero attached hydrogens (tertiary/aromatic N) is 5. The molecule has 14 heteroatoms. The zero-order chi connectivity index (χ0) is 27.7. The van der Waals surface area contributed by atoms with Crippen molar-refractivity contribution in [2.24, 2.45) is 5.73 Å². The number of hydrogen-bond acceptors (Lipinski definition) is 6. The Morgan fingerprint density at radius 1 is 1.37 bits per heavy atom. The van der Waals surface area contributed by atoms with Gasteiger partial charge >= 0.3 is 6.55 Å². The van der Waals surface area contributed by atoms with Gasteiger partial charge in [0.15, 0.2) is 11.5 Å². The Balaban J connectivity index is 1.79. The first-order valence-electron chi connectivity index (χ1n) is 11.3. The lowest BCUT2D eigenvalue weighted by Gasteiger charge is -2.22. The second-order valence-corrected chi connectivity index (χ2v) is 8.42. The summed E-state index contributed by atoms with van der Waals surface area (Å²) >= 11 is 0. The maximum atomic E-state index is 15.0. The monoisotopic (exact) mass is 533 g/mol. The van der Waals surface area contributed by atoms with Crippen LogP contribution >= 0.6 is 0 Å². The number of carbonyl (C=O) groups is 2. The fourth-order valence-corrected chi connectivity index (χ4v) is 4.56. The lowest BCUT2D eigenvalue weighted by Crippen LogP contribution is -2.37. The number of anilines is 1. The van der Waals surface area contributed by atoms with Crippen molar-refractivity contribution in [1.29, 1.82) is 0 Å². The number of aromatic nitrogens is 4. The molecule has 0 saturated carbocycles. The van der Waals surface area contributed by atoms with Gasteiger partial charge in [-0.25, -0.2) is 18.4 Å². The van der Waals surface area contributed by atoms with E-state index in [1.54, 1.807) is 4.90 Å². The zero-order valence-electron chi connectivity index (χ0n) is 20.3. The molecule has 3 aromatic rings. The van der Waals surface area contributed by atoms with Gasteiger partial charge in [-0.15, -0.1) is 0 Å². The average molecular weight is 533 g/mol. The van der Waals surface area contributed by atoms with Gasteiger partial charge in [-0.3, -0.25) is 14.2 Å². The Kier molecular flexibility index (Phi) is 7.40. The summed E-state index contributed by atoms with van der Waals surface area (Å²) in [7, 11) is 3.03. The normalized spacial score (nSPS) is 17.1. The van der Waals surface area contributed by atoms with E-state index in [1.807, 2.05) is 0 Å². The van der Waals surface area contributed by atoms with Gasteiger partial charge < -0.3 is 20.7 Å². The number of hydrogen-bond donors (Lipinski definition) is 2. The topological polar surface area (TPSA) is 120 Å². The summed E-state index contributed by atoms with van der Waals surface area (Å²) in [5.74, 6) is 1.33. The zero-order valence-corrected chi connectivity index (χ0v) is 20.3. The summed E-state index contributed by atoms with van der Waals surface area (Å²) in [6, 6.07) is -0.00864. The van der Waals surface area contributed by atoms with Gasteiger partial charge in [0.05, 0.1) is 29.8 Å². The first-order valence-corrected chi connectivity index (χ1v) is 11.3. The molecule has 1 aromatic carbocycles. The number of nitrogens with two attached hydrogens (primary N) is 1. The van der Waals surface area contributed by atoms with Crippen molar-refractivity contribution in [3.8, 4) is 11.8 Å². The first kappa shape index (κ1) is 26.7. The van der Waals surface area contributed by atoms with E-state index in [9.17, 15) is 27.2 Å². The minimum absolute atomic E-state index is 0.124. The number of imidazole rings is 1. The van der Waals surface area contributed by atoms with Crippen LogP contribution in [0.25, 0.3) is 11.0 Å². The van der Waals surface area contributed by atoms with Crippen molar-refractivity contribution < 1.29 is 31.9 Å². The largest absolute Gasteiger partial charge is 0.383 e. The van der Waals surface area contributed by atoms with Gasteiger partial charge in [-0.2, -0.15) is 13.9 Å². The number of nitrogens with one attached hydrogen (secondary N) is 1. The van der Waals surface area contributed by atoms with Crippen molar-refractivity contribution in [1.82, 2.24) is 24.2 Å². The van der Waals surface area contributed by atoms with E-state index in [2.05, 4.69) is 33.8 Å². The van der Waals surface area contributed by atoms with Crippen molar-refractivity contribution in [3.05, 3.63) is 53.5 Å². The lowest BCUT2D eigenvalue weighted by atomic mass is 10.1. The van der Waals surface area contributed by atoms with Gasteiger partial charge in [-0.1, -0.05) is 12.5 Å². The first-order chi connectivity index (χ1) is 18.1. The summed E-state index contributed by atoms with van der Waals surface area (Å²) in [6.07, 6.45) is 2.30. The van der Waals surface area contributed by atoms with Crippen LogP contribution in [-0.2, 0) is 9.53 Å². The number of methoxy groups -OCH3 is 1. The number of primary amides is 1. The quantitative estimate of drug-likeness (QED) is 0.274. The molecule has 0 radical (unpaired) electrons. The average Bonchev–Trinajstić information content (AvgIpc) is 3.58. The smallest absolute Gasteiger partial charge is 0.320 e. The SMILES string of the molecule is C=CC(=O)N1C[C@@H](n2nc(C#Cc3c(F)cc4c(ncn4C(F)F)c3F)c(C(N)=O)c2NC)C[C@@H]1COC. The van der Waals surface area contributed by atoms with Crippen LogP contribution in [0.4, 0.5) is 23.4 Å². The molecule has 3 heterocycles. The number of benzene rings is 1. The van der Waals surface area contributed by atoms with Crippen LogP contribution in [-0.4, -0.2) is 69.4 Å². The summed E-state index contributed by atoms with van der Waals surface area (Å²) in [5, 5.41) is 7.22. The Morgan fingerprint density at radius 3 is 2.71 bits per heavy atom. The van der Waals surface area contributed by atoms with Crippen LogP contribution in [0.1, 0.15) is 40.6 Å². The van der Waals surface area contributed by atoms with E-state index in [4.69, 9.17) is 10.5 Å². The lowest BCUT2D eigenvalue weighted by molar-refractivity contribution is -0.127. The second kappa shape index (κ2) is 10.5. The van der Waals surface area contributed by atoms with E-state index in [0.29, 0.717) is 23.4 Å². The molecule has 4 rings (SSSR count). The highest BCUT2D eigenvalue weighted by molar-refractivity contribution is 6.00. The van der Waals surface area contributed by atoms with Crippen LogP contribution < -0.4 is 11.1 Å². The molecule has 1 aliphatic heterocycles.